The number of hydrogen-bond donors (Lipinski definition) is 0. The summed E-state index contributed by atoms with van der Waals surface area (Å²) in [6.07, 6.45) is 7.92. The van der Waals surface area contributed by atoms with Crippen molar-refractivity contribution in [1.82, 2.24) is 19.9 Å². The fourth-order valence-corrected chi connectivity index (χ4v) is 6.85. The Bertz CT molecular complexity index is 1620. The summed E-state index contributed by atoms with van der Waals surface area (Å²) in [5.41, 5.74) is 4.41. The molecule has 0 aliphatic carbocycles. The van der Waals surface area contributed by atoms with Crippen LogP contribution >= 0.6 is 0 Å². The average molecular weight is 571 g/mol. The normalized spacial score (nSPS) is 20.9. The lowest BCUT2D eigenvalue weighted by Gasteiger charge is -2.39. The van der Waals surface area contributed by atoms with Gasteiger partial charge in [0, 0.05) is 53.6 Å². The first-order valence-electron chi connectivity index (χ1n) is 15.0. The maximum atomic E-state index is 15.1. The SMILES string of the molecule is C[C@@H]1Cc2cncc(F)c2CN1c1nc(OC[C@H]2CCCCN2C)nc2c1CCN(c1cccc3cccc(F)c13)C2. The minimum Gasteiger partial charge on any atom is -0.462 e. The molecule has 0 saturated carbocycles. The van der Waals surface area contributed by atoms with Gasteiger partial charge in [-0.3, -0.25) is 4.98 Å². The number of ether oxygens (including phenoxy) is 1. The molecule has 218 valence electrons. The Morgan fingerprint density at radius 3 is 2.67 bits per heavy atom. The second kappa shape index (κ2) is 11.1. The Hall–Kier alpha value is -3.85. The molecule has 1 saturated heterocycles. The van der Waals surface area contributed by atoms with E-state index < -0.39 is 0 Å². The van der Waals surface area contributed by atoms with Crippen molar-refractivity contribution in [3.8, 4) is 6.01 Å². The minimum atomic E-state index is -0.284. The van der Waals surface area contributed by atoms with Gasteiger partial charge in [0.25, 0.3) is 0 Å². The summed E-state index contributed by atoms with van der Waals surface area (Å²) in [6.45, 7) is 5.35. The lowest BCUT2D eigenvalue weighted by Crippen LogP contribution is -2.42. The zero-order chi connectivity index (χ0) is 28.8. The third kappa shape index (κ3) is 4.93. The van der Waals surface area contributed by atoms with Crippen LogP contribution in [0, 0.1) is 11.6 Å². The van der Waals surface area contributed by atoms with E-state index >= 15 is 4.39 Å². The number of hydrogen-bond acceptors (Lipinski definition) is 7. The first kappa shape index (κ1) is 27.0. The van der Waals surface area contributed by atoms with E-state index in [9.17, 15) is 4.39 Å². The third-order valence-corrected chi connectivity index (χ3v) is 9.26. The van der Waals surface area contributed by atoms with Crippen LogP contribution in [0.15, 0.2) is 48.8 Å². The molecule has 0 radical (unpaired) electrons. The number of halogens is 2. The van der Waals surface area contributed by atoms with Crippen LogP contribution in [-0.2, 0) is 25.9 Å². The van der Waals surface area contributed by atoms with E-state index in [1.807, 2.05) is 24.3 Å². The molecule has 0 unspecified atom stereocenters. The Morgan fingerprint density at radius 1 is 0.952 bits per heavy atom. The Morgan fingerprint density at radius 2 is 1.81 bits per heavy atom. The van der Waals surface area contributed by atoms with E-state index in [4.69, 9.17) is 14.7 Å². The van der Waals surface area contributed by atoms with Crippen LogP contribution < -0.4 is 14.5 Å². The average Bonchev–Trinajstić information content (AvgIpc) is 3.00. The lowest BCUT2D eigenvalue weighted by molar-refractivity contribution is 0.119. The van der Waals surface area contributed by atoms with Crippen molar-refractivity contribution in [1.29, 1.82) is 0 Å². The van der Waals surface area contributed by atoms with E-state index in [1.54, 1.807) is 12.3 Å². The highest BCUT2D eigenvalue weighted by atomic mass is 19.1. The number of likely N-dealkylation sites (N-methyl/N-ethyl adjacent to an activating group) is 1. The summed E-state index contributed by atoms with van der Waals surface area (Å²) in [6, 6.07) is 11.9. The zero-order valence-corrected chi connectivity index (χ0v) is 24.2. The topological polar surface area (TPSA) is 57.6 Å². The second-order valence-electron chi connectivity index (χ2n) is 11.9. The minimum absolute atomic E-state index is 0.0996. The van der Waals surface area contributed by atoms with Gasteiger partial charge in [0.2, 0.25) is 0 Å². The first-order valence-corrected chi connectivity index (χ1v) is 15.0. The van der Waals surface area contributed by atoms with Gasteiger partial charge in [-0.25, -0.2) is 8.78 Å². The van der Waals surface area contributed by atoms with E-state index in [0.29, 0.717) is 62.1 Å². The van der Waals surface area contributed by atoms with Crippen LogP contribution in [0.4, 0.5) is 20.3 Å². The lowest BCUT2D eigenvalue weighted by atomic mass is 9.95. The molecular weight excluding hydrogens is 534 g/mol. The smallest absolute Gasteiger partial charge is 0.318 e. The second-order valence-corrected chi connectivity index (χ2v) is 11.9. The molecule has 0 spiro atoms. The largest absolute Gasteiger partial charge is 0.462 e. The maximum absolute atomic E-state index is 15.1. The third-order valence-electron chi connectivity index (χ3n) is 9.26. The van der Waals surface area contributed by atoms with Gasteiger partial charge in [-0.1, -0.05) is 30.7 Å². The molecule has 0 bridgehead atoms. The summed E-state index contributed by atoms with van der Waals surface area (Å²) in [5, 5.41) is 1.50. The molecule has 3 aliphatic rings. The number of pyridine rings is 1. The van der Waals surface area contributed by atoms with Crippen LogP contribution in [0.2, 0.25) is 0 Å². The number of piperidine rings is 1. The molecule has 7 rings (SSSR count). The van der Waals surface area contributed by atoms with Gasteiger partial charge in [-0.15, -0.1) is 0 Å². The van der Waals surface area contributed by atoms with E-state index in [0.717, 1.165) is 46.7 Å². The van der Waals surface area contributed by atoms with Crippen molar-refractivity contribution < 1.29 is 13.5 Å². The molecule has 9 heteroatoms. The molecule has 7 nitrogen and oxygen atoms in total. The van der Waals surface area contributed by atoms with Crippen molar-refractivity contribution in [3.63, 3.8) is 0 Å². The molecule has 0 N–H and O–H groups in total. The standard InChI is InChI=1S/C33H36F2N6O/c1-21-15-23-16-36-17-28(35)26(23)18-41(21)32-25-12-14-40(30-11-6-8-22-7-5-10-27(34)31(22)30)19-29(25)37-33(38-32)42-20-24-9-3-4-13-39(24)2/h5-8,10-11,16-17,21,24H,3-4,9,12-15,18-20H2,1-2H3/t21-,24-/m1/s1. The number of fused-ring (bicyclic) bond motifs is 3. The van der Waals surface area contributed by atoms with Gasteiger partial charge >= 0.3 is 6.01 Å². The van der Waals surface area contributed by atoms with E-state index in [2.05, 4.69) is 33.7 Å². The summed E-state index contributed by atoms with van der Waals surface area (Å²) in [7, 11) is 2.14. The fraction of sp³-hybridized carbons (Fsp3) is 0.424. The molecule has 2 aromatic carbocycles. The molecule has 2 atom stereocenters. The molecule has 4 aromatic rings. The van der Waals surface area contributed by atoms with Gasteiger partial charge in [0.1, 0.15) is 24.1 Å². The Labute approximate surface area is 245 Å². The van der Waals surface area contributed by atoms with Crippen LogP contribution in [-0.4, -0.2) is 58.7 Å². The monoisotopic (exact) mass is 570 g/mol. The fourth-order valence-electron chi connectivity index (χ4n) is 6.85. The Kier molecular flexibility index (Phi) is 7.14. The summed E-state index contributed by atoms with van der Waals surface area (Å²) in [5.74, 6) is 0.300. The highest BCUT2D eigenvalue weighted by Gasteiger charge is 2.32. The van der Waals surface area contributed by atoms with Gasteiger partial charge < -0.3 is 19.4 Å². The van der Waals surface area contributed by atoms with Crippen LogP contribution in [0.1, 0.15) is 48.6 Å². The van der Waals surface area contributed by atoms with Crippen molar-refractivity contribution in [2.75, 3.05) is 36.5 Å². The van der Waals surface area contributed by atoms with Crippen LogP contribution in [0.25, 0.3) is 10.8 Å². The predicted octanol–water partition coefficient (Wildman–Crippen LogP) is 5.68. The number of aromatic nitrogens is 3. The number of anilines is 2. The number of rotatable bonds is 5. The molecule has 0 amide bonds. The van der Waals surface area contributed by atoms with Gasteiger partial charge in [0.15, 0.2) is 0 Å². The summed E-state index contributed by atoms with van der Waals surface area (Å²) in [4.78, 5) is 20.8. The van der Waals surface area contributed by atoms with Crippen molar-refractivity contribution >= 4 is 22.3 Å². The summed E-state index contributed by atoms with van der Waals surface area (Å²) >= 11 is 0. The predicted molar refractivity (Wildman–Crippen MR) is 160 cm³/mol. The number of benzene rings is 2. The molecule has 2 aromatic heterocycles. The molecular formula is C33H36F2N6O. The van der Waals surface area contributed by atoms with Gasteiger partial charge in [-0.05, 0) is 69.3 Å². The van der Waals surface area contributed by atoms with Crippen LogP contribution in [0.5, 0.6) is 6.01 Å². The van der Waals surface area contributed by atoms with Gasteiger partial charge in [0.05, 0.1) is 18.4 Å². The summed E-state index contributed by atoms with van der Waals surface area (Å²) < 4.78 is 36.3. The molecule has 5 heterocycles. The van der Waals surface area contributed by atoms with Crippen molar-refractivity contribution in [2.24, 2.45) is 0 Å². The highest BCUT2D eigenvalue weighted by molar-refractivity contribution is 5.95. The first-order chi connectivity index (χ1) is 20.5. The molecule has 1 fully saturated rings. The van der Waals surface area contributed by atoms with Crippen molar-refractivity contribution in [3.05, 3.63) is 82.8 Å². The molecule has 42 heavy (non-hydrogen) atoms. The van der Waals surface area contributed by atoms with E-state index in [-0.39, 0.29) is 17.7 Å². The maximum Gasteiger partial charge on any atom is 0.318 e. The zero-order valence-electron chi connectivity index (χ0n) is 24.2. The van der Waals surface area contributed by atoms with Crippen LogP contribution in [0.3, 0.4) is 0 Å². The van der Waals surface area contributed by atoms with Gasteiger partial charge in [-0.2, -0.15) is 9.97 Å². The molecule has 3 aliphatic heterocycles. The highest BCUT2D eigenvalue weighted by Crippen LogP contribution is 2.37. The van der Waals surface area contributed by atoms with Crippen molar-refractivity contribution in [2.45, 2.75) is 64.2 Å². The number of nitrogens with zero attached hydrogens (tertiary/aromatic N) is 6. The quantitative estimate of drug-likeness (QED) is 0.306. The van der Waals surface area contributed by atoms with E-state index in [1.165, 1.54) is 25.1 Å². The Balaban J connectivity index is 1.26. The number of likely N-dealkylation sites (tertiary alicyclic amines) is 1.